The average molecular weight is 298 g/mol. The van der Waals surface area contributed by atoms with E-state index >= 15 is 0 Å². The van der Waals surface area contributed by atoms with Crippen molar-refractivity contribution < 1.29 is 0 Å². The molecule has 3 rings (SSSR count). The van der Waals surface area contributed by atoms with E-state index in [0.717, 1.165) is 6.42 Å². The quantitative estimate of drug-likeness (QED) is 0.492. The monoisotopic (exact) mass is 298 g/mol. The van der Waals surface area contributed by atoms with Gasteiger partial charge in [-0.3, -0.25) is 0 Å². The molecule has 23 heavy (non-hydrogen) atoms. The zero-order chi connectivity index (χ0) is 15.9. The van der Waals surface area contributed by atoms with Crippen molar-refractivity contribution in [3.63, 3.8) is 0 Å². The summed E-state index contributed by atoms with van der Waals surface area (Å²) in [5, 5.41) is 0. The SMILES string of the molecule is CC(Cc1ccc(/C=C/c2ccccc2)cc1)c1ccccc1. The fourth-order valence-corrected chi connectivity index (χ4v) is 2.77. The van der Waals surface area contributed by atoms with Gasteiger partial charge >= 0.3 is 0 Å². The molecule has 0 N–H and O–H groups in total. The first-order chi connectivity index (χ1) is 11.3. The zero-order valence-electron chi connectivity index (χ0n) is 13.5. The third-order valence-corrected chi connectivity index (χ3v) is 4.16. The number of hydrogen-bond acceptors (Lipinski definition) is 0. The summed E-state index contributed by atoms with van der Waals surface area (Å²) in [6.45, 7) is 2.29. The van der Waals surface area contributed by atoms with Crippen LogP contribution in [0.3, 0.4) is 0 Å². The highest BCUT2D eigenvalue weighted by Gasteiger charge is 2.05. The lowest BCUT2D eigenvalue weighted by Gasteiger charge is -2.12. The zero-order valence-corrected chi connectivity index (χ0v) is 13.5. The molecule has 0 radical (unpaired) electrons. The summed E-state index contributed by atoms with van der Waals surface area (Å²) in [7, 11) is 0. The highest BCUT2D eigenvalue weighted by Crippen LogP contribution is 2.20. The van der Waals surface area contributed by atoms with Gasteiger partial charge in [0.05, 0.1) is 0 Å². The summed E-state index contributed by atoms with van der Waals surface area (Å²) in [6.07, 6.45) is 5.40. The summed E-state index contributed by atoms with van der Waals surface area (Å²) in [4.78, 5) is 0. The summed E-state index contributed by atoms with van der Waals surface area (Å²) in [6, 6.07) is 30.0. The Morgan fingerprint density at radius 2 is 1.17 bits per heavy atom. The lowest BCUT2D eigenvalue weighted by Crippen LogP contribution is -1.98. The molecule has 0 aliphatic rings. The average Bonchev–Trinajstić information content (AvgIpc) is 2.63. The van der Waals surface area contributed by atoms with E-state index in [1.165, 1.54) is 22.3 Å². The molecule has 3 aromatic carbocycles. The van der Waals surface area contributed by atoms with Gasteiger partial charge in [0.1, 0.15) is 0 Å². The second kappa shape index (κ2) is 7.60. The molecule has 114 valence electrons. The molecule has 3 aromatic rings. The van der Waals surface area contributed by atoms with Gasteiger partial charge in [0.2, 0.25) is 0 Å². The smallest absolute Gasteiger partial charge is 0.0150 e. The number of hydrogen-bond donors (Lipinski definition) is 0. The normalized spacial score (nSPS) is 12.4. The molecule has 1 atom stereocenters. The van der Waals surface area contributed by atoms with Crippen molar-refractivity contribution in [2.24, 2.45) is 0 Å². The summed E-state index contributed by atoms with van der Waals surface area (Å²) in [5.74, 6) is 0.543. The predicted molar refractivity (Wildman–Crippen MR) is 100 cm³/mol. The van der Waals surface area contributed by atoms with E-state index in [2.05, 4.69) is 97.9 Å². The molecule has 0 aliphatic carbocycles. The Balaban J connectivity index is 1.64. The van der Waals surface area contributed by atoms with E-state index in [-0.39, 0.29) is 0 Å². The van der Waals surface area contributed by atoms with Gasteiger partial charge in [-0.1, -0.05) is 104 Å². The van der Waals surface area contributed by atoms with Crippen LogP contribution in [0, 0.1) is 0 Å². The maximum Gasteiger partial charge on any atom is -0.0150 e. The molecule has 0 spiro atoms. The minimum atomic E-state index is 0.543. The van der Waals surface area contributed by atoms with Crippen LogP contribution in [0.4, 0.5) is 0 Å². The fourth-order valence-electron chi connectivity index (χ4n) is 2.77. The Bertz CT molecular complexity index is 737. The van der Waals surface area contributed by atoms with Crippen molar-refractivity contribution in [2.75, 3.05) is 0 Å². The molecule has 0 heterocycles. The van der Waals surface area contributed by atoms with Crippen molar-refractivity contribution in [1.29, 1.82) is 0 Å². The van der Waals surface area contributed by atoms with E-state index in [4.69, 9.17) is 0 Å². The van der Waals surface area contributed by atoms with E-state index in [1.54, 1.807) is 0 Å². The van der Waals surface area contributed by atoms with Crippen molar-refractivity contribution in [3.8, 4) is 0 Å². The highest BCUT2D eigenvalue weighted by atomic mass is 14.1. The van der Waals surface area contributed by atoms with Gasteiger partial charge < -0.3 is 0 Å². The van der Waals surface area contributed by atoms with Crippen LogP contribution in [0.1, 0.15) is 35.1 Å². The minimum absolute atomic E-state index is 0.543. The van der Waals surface area contributed by atoms with Crippen LogP contribution in [0.25, 0.3) is 12.2 Å². The Labute approximate surface area is 139 Å². The number of benzene rings is 3. The van der Waals surface area contributed by atoms with Crippen LogP contribution in [0.5, 0.6) is 0 Å². The minimum Gasteiger partial charge on any atom is -0.0622 e. The molecule has 1 unspecified atom stereocenters. The van der Waals surface area contributed by atoms with Gasteiger partial charge in [-0.05, 0) is 34.6 Å². The Kier molecular flexibility index (Phi) is 5.06. The van der Waals surface area contributed by atoms with Crippen molar-refractivity contribution in [1.82, 2.24) is 0 Å². The molecule has 0 heteroatoms. The van der Waals surface area contributed by atoms with Crippen LogP contribution in [0.15, 0.2) is 84.9 Å². The Morgan fingerprint density at radius 1 is 0.652 bits per heavy atom. The molecule has 0 amide bonds. The van der Waals surface area contributed by atoms with Gasteiger partial charge in [0, 0.05) is 0 Å². The lowest BCUT2D eigenvalue weighted by atomic mass is 9.93. The molecular weight excluding hydrogens is 276 g/mol. The molecular formula is C23H22. The van der Waals surface area contributed by atoms with Crippen molar-refractivity contribution in [3.05, 3.63) is 107 Å². The molecule has 0 saturated heterocycles. The standard InChI is InChI=1S/C23H22/c1-19(23-10-6-3-7-11-23)18-22-16-14-21(15-17-22)13-12-20-8-4-2-5-9-20/h2-17,19H,18H2,1H3/b13-12+. The largest absolute Gasteiger partial charge is 0.0622 e. The van der Waals surface area contributed by atoms with Crippen molar-refractivity contribution >= 4 is 12.2 Å². The highest BCUT2D eigenvalue weighted by molar-refractivity contribution is 5.69. The van der Waals surface area contributed by atoms with Crippen LogP contribution < -0.4 is 0 Å². The fraction of sp³-hybridized carbons (Fsp3) is 0.130. The first kappa shape index (κ1) is 15.3. The third kappa shape index (κ3) is 4.43. The maximum absolute atomic E-state index is 2.29. The van der Waals surface area contributed by atoms with Gasteiger partial charge in [0.25, 0.3) is 0 Å². The van der Waals surface area contributed by atoms with Gasteiger partial charge in [-0.2, -0.15) is 0 Å². The Hall–Kier alpha value is -2.60. The van der Waals surface area contributed by atoms with Crippen LogP contribution in [-0.2, 0) is 6.42 Å². The molecule has 0 bridgehead atoms. The molecule has 0 saturated carbocycles. The van der Waals surface area contributed by atoms with Crippen LogP contribution in [0.2, 0.25) is 0 Å². The first-order valence-electron chi connectivity index (χ1n) is 8.18. The second-order valence-corrected chi connectivity index (χ2v) is 6.00. The van der Waals surface area contributed by atoms with Gasteiger partial charge in [-0.25, -0.2) is 0 Å². The van der Waals surface area contributed by atoms with E-state index < -0.39 is 0 Å². The van der Waals surface area contributed by atoms with E-state index in [9.17, 15) is 0 Å². The second-order valence-electron chi connectivity index (χ2n) is 6.00. The molecule has 0 aliphatic heterocycles. The first-order valence-corrected chi connectivity index (χ1v) is 8.18. The summed E-state index contributed by atoms with van der Waals surface area (Å²) in [5.41, 5.74) is 5.26. The van der Waals surface area contributed by atoms with Crippen LogP contribution >= 0.6 is 0 Å². The summed E-state index contributed by atoms with van der Waals surface area (Å²) < 4.78 is 0. The molecule has 0 nitrogen and oxygen atoms in total. The lowest BCUT2D eigenvalue weighted by molar-refractivity contribution is 0.759. The van der Waals surface area contributed by atoms with E-state index in [1.807, 2.05) is 6.07 Å². The predicted octanol–water partition coefficient (Wildman–Crippen LogP) is 6.20. The number of rotatable bonds is 5. The third-order valence-electron chi connectivity index (χ3n) is 4.16. The summed E-state index contributed by atoms with van der Waals surface area (Å²) >= 11 is 0. The molecule has 0 fully saturated rings. The molecule has 0 aromatic heterocycles. The van der Waals surface area contributed by atoms with E-state index in [0.29, 0.717) is 5.92 Å². The maximum atomic E-state index is 2.29. The van der Waals surface area contributed by atoms with Gasteiger partial charge in [-0.15, -0.1) is 0 Å². The van der Waals surface area contributed by atoms with Gasteiger partial charge in [0.15, 0.2) is 0 Å². The van der Waals surface area contributed by atoms with Crippen molar-refractivity contribution in [2.45, 2.75) is 19.3 Å². The topological polar surface area (TPSA) is 0 Å². The van der Waals surface area contributed by atoms with Crippen LogP contribution in [-0.4, -0.2) is 0 Å². The Morgan fingerprint density at radius 3 is 1.78 bits per heavy atom.